The fourth-order valence-electron chi connectivity index (χ4n) is 2.85. The summed E-state index contributed by atoms with van der Waals surface area (Å²) in [5.74, 6) is 1.04. The van der Waals surface area contributed by atoms with Crippen molar-refractivity contribution >= 4 is 34.2 Å². The Morgan fingerprint density at radius 2 is 1.72 bits per heavy atom. The van der Waals surface area contributed by atoms with E-state index in [0.29, 0.717) is 30.3 Å². The van der Waals surface area contributed by atoms with Gasteiger partial charge in [-0.2, -0.15) is 0 Å². The SMILES string of the molecule is CCOc1c(I)cc(C(=O)Nc2ccc(C)c(C)c2)cc1OCc1ccccc1. The number of aryl methyl sites for hydroxylation is 2. The molecule has 3 aromatic rings. The summed E-state index contributed by atoms with van der Waals surface area (Å²) in [7, 11) is 0. The van der Waals surface area contributed by atoms with Crippen molar-refractivity contribution in [3.8, 4) is 11.5 Å². The number of anilines is 1. The standard InChI is InChI=1S/C24H24INO3/c1-4-28-23-21(25)13-19(14-22(23)29-15-18-8-6-5-7-9-18)24(27)26-20-11-10-16(2)17(3)12-20/h5-14H,4,15H2,1-3H3,(H,26,27). The van der Waals surface area contributed by atoms with Gasteiger partial charge in [-0.3, -0.25) is 4.79 Å². The van der Waals surface area contributed by atoms with E-state index in [4.69, 9.17) is 9.47 Å². The molecule has 0 fully saturated rings. The minimum absolute atomic E-state index is 0.182. The van der Waals surface area contributed by atoms with Crippen LogP contribution in [0.5, 0.6) is 11.5 Å². The van der Waals surface area contributed by atoms with Crippen LogP contribution in [0.4, 0.5) is 5.69 Å². The molecule has 0 aliphatic rings. The van der Waals surface area contributed by atoms with Crippen LogP contribution in [0.2, 0.25) is 0 Å². The third-order valence-electron chi connectivity index (χ3n) is 4.56. The highest BCUT2D eigenvalue weighted by atomic mass is 127. The first-order valence-corrected chi connectivity index (χ1v) is 10.6. The molecule has 1 N–H and O–H groups in total. The first-order valence-electron chi connectivity index (χ1n) is 9.49. The number of amides is 1. The Morgan fingerprint density at radius 1 is 0.966 bits per heavy atom. The van der Waals surface area contributed by atoms with Crippen molar-refractivity contribution in [1.29, 1.82) is 0 Å². The van der Waals surface area contributed by atoms with Crippen molar-refractivity contribution in [3.63, 3.8) is 0 Å². The zero-order chi connectivity index (χ0) is 20.8. The number of carbonyl (C=O) groups excluding carboxylic acids is 1. The van der Waals surface area contributed by atoms with E-state index >= 15 is 0 Å². The number of hydrogen-bond acceptors (Lipinski definition) is 3. The van der Waals surface area contributed by atoms with Gasteiger partial charge in [0.1, 0.15) is 6.61 Å². The van der Waals surface area contributed by atoms with E-state index in [1.54, 1.807) is 6.07 Å². The summed E-state index contributed by atoms with van der Waals surface area (Å²) >= 11 is 2.18. The highest BCUT2D eigenvalue weighted by Gasteiger charge is 2.16. The van der Waals surface area contributed by atoms with Crippen molar-refractivity contribution in [2.45, 2.75) is 27.4 Å². The van der Waals surface area contributed by atoms with Crippen LogP contribution < -0.4 is 14.8 Å². The maximum Gasteiger partial charge on any atom is 0.255 e. The molecule has 0 saturated carbocycles. The summed E-state index contributed by atoms with van der Waals surface area (Å²) in [4.78, 5) is 12.8. The van der Waals surface area contributed by atoms with Crippen LogP contribution in [0.25, 0.3) is 0 Å². The minimum atomic E-state index is -0.182. The van der Waals surface area contributed by atoms with Gasteiger partial charge in [-0.1, -0.05) is 36.4 Å². The van der Waals surface area contributed by atoms with Gasteiger partial charge in [0.05, 0.1) is 10.2 Å². The second-order valence-electron chi connectivity index (χ2n) is 6.75. The van der Waals surface area contributed by atoms with Gasteiger partial charge in [0.2, 0.25) is 0 Å². The molecule has 29 heavy (non-hydrogen) atoms. The second kappa shape index (κ2) is 9.78. The van der Waals surface area contributed by atoms with Crippen LogP contribution in [0.15, 0.2) is 60.7 Å². The smallest absolute Gasteiger partial charge is 0.255 e. The van der Waals surface area contributed by atoms with Crippen molar-refractivity contribution < 1.29 is 14.3 Å². The third kappa shape index (κ3) is 5.50. The fourth-order valence-corrected chi connectivity index (χ4v) is 3.61. The summed E-state index contributed by atoms with van der Waals surface area (Å²) < 4.78 is 12.6. The van der Waals surface area contributed by atoms with Crippen molar-refractivity contribution in [2.75, 3.05) is 11.9 Å². The molecule has 0 saturated heterocycles. The molecular weight excluding hydrogens is 477 g/mol. The van der Waals surface area contributed by atoms with Gasteiger partial charge >= 0.3 is 0 Å². The van der Waals surface area contributed by atoms with E-state index in [2.05, 4.69) is 27.9 Å². The summed E-state index contributed by atoms with van der Waals surface area (Å²) in [6.07, 6.45) is 0. The molecule has 0 heterocycles. The lowest BCUT2D eigenvalue weighted by molar-refractivity contribution is 0.102. The molecule has 0 bridgehead atoms. The number of benzene rings is 3. The minimum Gasteiger partial charge on any atom is -0.489 e. The van der Waals surface area contributed by atoms with Gasteiger partial charge < -0.3 is 14.8 Å². The molecule has 0 atom stereocenters. The lowest BCUT2D eigenvalue weighted by atomic mass is 10.1. The number of rotatable bonds is 7. The van der Waals surface area contributed by atoms with Crippen LogP contribution in [0.1, 0.15) is 34.0 Å². The first-order chi connectivity index (χ1) is 14.0. The van der Waals surface area contributed by atoms with E-state index in [0.717, 1.165) is 20.4 Å². The Morgan fingerprint density at radius 3 is 2.41 bits per heavy atom. The summed E-state index contributed by atoms with van der Waals surface area (Å²) in [6.45, 7) is 6.93. The lowest BCUT2D eigenvalue weighted by Gasteiger charge is -2.16. The van der Waals surface area contributed by atoms with Crippen LogP contribution in [-0.2, 0) is 6.61 Å². The van der Waals surface area contributed by atoms with Gasteiger partial charge in [0.15, 0.2) is 11.5 Å². The van der Waals surface area contributed by atoms with E-state index in [1.807, 2.05) is 75.4 Å². The topological polar surface area (TPSA) is 47.6 Å². The predicted octanol–water partition coefficient (Wildman–Crippen LogP) is 6.14. The number of ether oxygens (including phenoxy) is 2. The highest BCUT2D eigenvalue weighted by Crippen LogP contribution is 2.35. The molecule has 3 rings (SSSR count). The Bertz CT molecular complexity index is 1000. The number of nitrogens with one attached hydrogen (secondary N) is 1. The summed E-state index contributed by atoms with van der Waals surface area (Å²) in [5, 5.41) is 2.97. The molecule has 5 heteroatoms. The van der Waals surface area contributed by atoms with Gasteiger partial charge in [0.25, 0.3) is 5.91 Å². The second-order valence-corrected chi connectivity index (χ2v) is 7.91. The zero-order valence-corrected chi connectivity index (χ0v) is 18.9. The number of carbonyl (C=O) groups is 1. The van der Waals surface area contributed by atoms with Gasteiger partial charge in [0, 0.05) is 11.3 Å². The van der Waals surface area contributed by atoms with E-state index in [1.165, 1.54) is 5.56 Å². The van der Waals surface area contributed by atoms with Gasteiger partial charge in [-0.05, 0) is 84.3 Å². The monoisotopic (exact) mass is 501 g/mol. The molecule has 0 spiro atoms. The van der Waals surface area contributed by atoms with Crippen LogP contribution in [0, 0.1) is 17.4 Å². The Hall–Kier alpha value is -2.54. The fraction of sp³-hybridized carbons (Fsp3) is 0.208. The Labute approximate surface area is 185 Å². The van der Waals surface area contributed by atoms with E-state index < -0.39 is 0 Å². The molecule has 4 nitrogen and oxygen atoms in total. The van der Waals surface area contributed by atoms with Gasteiger partial charge in [-0.25, -0.2) is 0 Å². The van der Waals surface area contributed by atoms with Crippen LogP contribution in [-0.4, -0.2) is 12.5 Å². The number of hydrogen-bond donors (Lipinski definition) is 1. The summed E-state index contributed by atoms with van der Waals surface area (Å²) in [6, 6.07) is 19.4. The molecular formula is C24H24INO3. The average molecular weight is 501 g/mol. The maximum atomic E-state index is 12.8. The van der Waals surface area contributed by atoms with Gasteiger partial charge in [-0.15, -0.1) is 0 Å². The van der Waals surface area contributed by atoms with Crippen molar-refractivity contribution in [3.05, 3.63) is 86.5 Å². The molecule has 150 valence electrons. The zero-order valence-electron chi connectivity index (χ0n) is 16.8. The Kier molecular flexibility index (Phi) is 7.14. The maximum absolute atomic E-state index is 12.8. The molecule has 0 unspecified atom stereocenters. The predicted molar refractivity (Wildman–Crippen MR) is 125 cm³/mol. The summed E-state index contributed by atoms with van der Waals surface area (Å²) in [5.41, 5.74) is 4.68. The molecule has 0 aliphatic carbocycles. The number of halogens is 1. The quantitative estimate of drug-likeness (QED) is 0.396. The molecule has 0 aromatic heterocycles. The first kappa shape index (κ1) is 21.2. The average Bonchev–Trinajstić information content (AvgIpc) is 2.71. The van der Waals surface area contributed by atoms with Crippen molar-refractivity contribution in [1.82, 2.24) is 0 Å². The molecule has 3 aromatic carbocycles. The molecule has 0 radical (unpaired) electrons. The Balaban J connectivity index is 1.85. The lowest BCUT2D eigenvalue weighted by Crippen LogP contribution is -2.13. The normalized spacial score (nSPS) is 10.5. The highest BCUT2D eigenvalue weighted by molar-refractivity contribution is 14.1. The third-order valence-corrected chi connectivity index (χ3v) is 5.36. The van der Waals surface area contributed by atoms with E-state index in [-0.39, 0.29) is 5.91 Å². The van der Waals surface area contributed by atoms with Crippen LogP contribution >= 0.6 is 22.6 Å². The molecule has 1 amide bonds. The van der Waals surface area contributed by atoms with Crippen LogP contribution in [0.3, 0.4) is 0 Å². The largest absolute Gasteiger partial charge is 0.489 e. The van der Waals surface area contributed by atoms with E-state index in [9.17, 15) is 4.79 Å². The van der Waals surface area contributed by atoms with Crippen molar-refractivity contribution in [2.24, 2.45) is 0 Å². The molecule has 0 aliphatic heterocycles.